The number of carbonyl (C=O) groups excluding carboxylic acids is 3. The Balaban J connectivity index is 2.24. The predicted octanol–water partition coefficient (Wildman–Crippen LogP) is 0.544. The van der Waals surface area contributed by atoms with E-state index in [9.17, 15) is 14.4 Å². The fourth-order valence-electron chi connectivity index (χ4n) is 1.65. The highest BCUT2D eigenvalue weighted by Crippen LogP contribution is 2.19. The minimum Gasteiger partial charge on any atom is -0.317 e. The van der Waals surface area contributed by atoms with E-state index in [0.29, 0.717) is 4.88 Å². The van der Waals surface area contributed by atoms with Crippen LogP contribution >= 0.6 is 11.3 Å². The molecular formula is C11H12N2O3S. The van der Waals surface area contributed by atoms with Gasteiger partial charge in [0.2, 0.25) is 11.8 Å². The van der Waals surface area contributed by atoms with Crippen LogP contribution in [-0.4, -0.2) is 35.2 Å². The molecule has 1 unspecified atom stereocenters. The molecule has 1 aliphatic heterocycles. The van der Waals surface area contributed by atoms with Gasteiger partial charge in [-0.2, -0.15) is 0 Å². The molecule has 2 heterocycles. The lowest BCUT2D eigenvalue weighted by Crippen LogP contribution is -2.58. The van der Waals surface area contributed by atoms with Gasteiger partial charge in [-0.25, -0.2) is 0 Å². The molecule has 1 fully saturated rings. The summed E-state index contributed by atoms with van der Waals surface area (Å²) < 4.78 is 0. The Morgan fingerprint density at radius 3 is 2.76 bits per heavy atom. The molecular weight excluding hydrogens is 240 g/mol. The van der Waals surface area contributed by atoms with Gasteiger partial charge in [-0.05, 0) is 26.0 Å². The summed E-state index contributed by atoms with van der Waals surface area (Å²) in [6, 6.07) is 2.95. The monoisotopic (exact) mass is 252 g/mol. The average Bonchev–Trinajstić information content (AvgIpc) is 2.69. The molecule has 0 bridgehead atoms. The summed E-state index contributed by atoms with van der Waals surface area (Å²) in [5, 5.41) is 2.20. The number of aryl methyl sites for hydroxylation is 1. The van der Waals surface area contributed by atoms with Crippen LogP contribution in [0.1, 0.15) is 21.5 Å². The summed E-state index contributed by atoms with van der Waals surface area (Å²) in [6.07, 6.45) is 0. The second-order valence-corrected chi connectivity index (χ2v) is 5.22. The van der Waals surface area contributed by atoms with Gasteiger partial charge in [0.05, 0.1) is 4.88 Å². The molecule has 0 aromatic carbocycles. The van der Waals surface area contributed by atoms with E-state index in [1.165, 1.54) is 16.2 Å². The van der Waals surface area contributed by atoms with Crippen molar-refractivity contribution in [1.29, 1.82) is 0 Å². The van der Waals surface area contributed by atoms with Gasteiger partial charge in [0.15, 0.2) is 0 Å². The van der Waals surface area contributed by atoms with Crippen molar-refractivity contribution >= 4 is 29.1 Å². The van der Waals surface area contributed by atoms with E-state index in [-0.39, 0.29) is 12.5 Å². The number of hydrogen-bond acceptors (Lipinski definition) is 4. The van der Waals surface area contributed by atoms with E-state index in [0.717, 1.165) is 4.88 Å². The Kier molecular flexibility index (Phi) is 2.97. The second-order valence-electron chi connectivity index (χ2n) is 3.93. The van der Waals surface area contributed by atoms with Crippen LogP contribution < -0.4 is 5.32 Å². The van der Waals surface area contributed by atoms with Gasteiger partial charge in [0.25, 0.3) is 5.91 Å². The SMILES string of the molecule is Cc1ccc(C(=O)N2CC(=O)NC(=O)C2C)s1. The van der Waals surface area contributed by atoms with Crippen LogP contribution in [0.3, 0.4) is 0 Å². The van der Waals surface area contributed by atoms with Crippen molar-refractivity contribution in [3.05, 3.63) is 21.9 Å². The molecule has 6 heteroatoms. The van der Waals surface area contributed by atoms with Crippen LogP contribution in [0.5, 0.6) is 0 Å². The number of thiophene rings is 1. The zero-order valence-corrected chi connectivity index (χ0v) is 10.3. The van der Waals surface area contributed by atoms with Crippen LogP contribution in [0.25, 0.3) is 0 Å². The smallest absolute Gasteiger partial charge is 0.265 e. The maximum absolute atomic E-state index is 12.1. The standard InChI is InChI=1S/C11H12N2O3S/c1-6-3-4-8(17-6)11(16)13-5-9(14)12-10(15)7(13)2/h3-4,7H,5H2,1-2H3,(H,12,14,15). The van der Waals surface area contributed by atoms with Crippen LogP contribution in [0.4, 0.5) is 0 Å². The van der Waals surface area contributed by atoms with Crippen molar-refractivity contribution in [2.75, 3.05) is 6.54 Å². The molecule has 2 rings (SSSR count). The van der Waals surface area contributed by atoms with Crippen molar-refractivity contribution in [3.8, 4) is 0 Å². The van der Waals surface area contributed by atoms with Crippen molar-refractivity contribution < 1.29 is 14.4 Å². The topological polar surface area (TPSA) is 66.5 Å². The third-order valence-electron chi connectivity index (χ3n) is 2.64. The summed E-state index contributed by atoms with van der Waals surface area (Å²) in [4.78, 5) is 37.7. The molecule has 1 saturated heterocycles. The van der Waals surface area contributed by atoms with Crippen molar-refractivity contribution in [2.45, 2.75) is 19.9 Å². The quantitative estimate of drug-likeness (QED) is 0.742. The summed E-state index contributed by atoms with van der Waals surface area (Å²) in [5.41, 5.74) is 0. The first kappa shape index (κ1) is 11.8. The predicted molar refractivity (Wildman–Crippen MR) is 62.7 cm³/mol. The fourth-order valence-corrected chi connectivity index (χ4v) is 2.48. The van der Waals surface area contributed by atoms with Crippen LogP contribution in [0.15, 0.2) is 12.1 Å². The van der Waals surface area contributed by atoms with Crippen molar-refractivity contribution in [1.82, 2.24) is 10.2 Å². The van der Waals surface area contributed by atoms with Crippen LogP contribution in [0.2, 0.25) is 0 Å². The zero-order valence-electron chi connectivity index (χ0n) is 9.52. The molecule has 1 aromatic heterocycles. The number of imide groups is 1. The fraction of sp³-hybridized carbons (Fsp3) is 0.364. The Morgan fingerprint density at radius 1 is 1.47 bits per heavy atom. The zero-order chi connectivity index (χ0) is 12.6. The minimum atomic E-state index is -0.609. The van der Waals surface area contributed by atoms with Gasteiger partial charge < -0.3 is 4.90 Å². The molecule has 1 N–H and O–H groups in total. The first-order valence-electron chi connectivity index (χ1n) is 5.20. The lowest BCUT2D eigenvalue weighted by atomic mass is 10.2. The first-order valence-corrected chi connectivity index (χ1v) is 6.02. The molecule has 0 spiro atoms. The van der Waals surface area contributed by atoms with E-state index < -0.39 is 17.9 Å². The largest absolute Gasteiger partial charge is 0.317 e. The van der Waals surface area contributed by atoms with Gasteiger partial charge in [-0.1, -0.05) is 0 Å². The molecule has 0 radical (unpaired) electrons. The maximum Gasteiger partial charge on any atom is 0.265 e. The van der Waals surface area contributed by atoms with E-state index >= 15 is 0 Å². The van der Waals surface area contributed by atoms with E-state index in [2.05, 4.69) is 5.32 Å². The molecule has 17 heavy (non-hydrogen) atoms. The summed E-state index contributed by atoms with van der Waals surface area (Å²) >= 11 is 1.36. The normalized spacial score (nSPS) is 20.4. The highest BCUT2D eigenvalue weighted by atomic mass is 32.1. The molecule has 90 valence electrons. The number of nitrogens with zero attached hydrogens (tertiary/aromatic N) is 1. The highest BCUT2D eigenvalue weighted by Gasteiger charge is 2.34. The second kappa shape index (κ2) is 4.29. The molecule has 1 aromatic rings. The maximum atomic E-state index is 12.1. The lowest BCUT2D eigenvalue weighted by molar-refractivity contribution is -0.138. The van der Waals surface area contributed by atoms with Crippen molar-refractivity contribution in [3.63, 3.8) is 0 Å². The number of nitrogens with one attached hydrogen (secondary N) is 1. The summed E-state index contributed by atoms with van der Waals surface area (Å²) in [5.74, 6) is -1.13. The third kappa shape index (κ3) is 2.21. The van der Waals surface area contributed by atoms with Gasteiger partial charge >= 0.3 is 0 Å². The molecule has 5 nitrogen and oxygen atoms in total. The van der Waals surface area contributed by atoms with E-state index in [4.69, 9.17) is 0 Å². The molecule has 1 atom stereocenters. The Hall–Kier alpha value is -1.69. The van der Waals surface area contributed by atoms with Crippen molar-refractivity contribution in [2.24, 2.45) is 0 Å². The number of amides is 3. The van der Waals surface area contributed by atoms with Gasteiger partial charge in [0.1, 0.15) is 12.6 Å². The minimum absolute atomic E-state index is 0.0668. The molecule has 1 aliphatic rings. The molecule has 0 saturated carbocycles. The lowest BCUT2D eigenvalue weighted by Gasteiger charge is -2.31. The van der Waals surface area contributed by atoms with Gasteiger partial charge in [0, 0.05) is 4.88 Å². The highest BCUT2D eigenvalue weighted by molar-refractivity contribution is 7.13. The van der Waals surface area contributed by atoms with Crippen LogP contribution in [0, 0.1) is 6.92 Å². The number of carbonyl (C=O) groups is 3. The summed E-state index contributed by atoms with van der Waals surface area (Å²) in [7, 11) is 0. The van der Waals surface area contributed by atoms with E-state index in [1.807, 2.05) is 13.0 Å². The van der Waals surface area contributed by atoms with Gasteiger partial charge in [-0.3, -0.25) is 19.7 Å². The number of rotatable bonds is 1. The molecule has 3 amide bonds. The first-order chi connectivity index (χ1) is 7.99. The Morgan fingerprint density at radius 2 is 2.18 bits per heavy atom. The molecule has 0 aliphatic carbocycles. The Labute approximate surface area is 102 Å². The number of piperazine rings is 1. The number of hydrogen-bond donors (Lipinski definition) is 1. The Bertz CT molecular complexity index is 495. The average molecular weight is 252 g/mol. The van der Waals surface area contributed by atoms with Gasteiger partial charge in [-0.15, -0.1) is 11.3 Å². The van der Waals surface area contributed by atoms with Crippen LogP contribution in [-0.2, 0) is 9.59 Å². The third-order valence-corrected chi connectivity index (χ3v) is 3.62. The summed E-state index contributed by atoms with van der Waals surface area (Å²) in [6.45, 7) is 3.45. The van der Waals surface area contributed by atoms with E-state index in [1.54, 1.807) is 13.0 Å².